The summed E-state index contributed by atoms with van der Waals surface area (Å²) in [6.45, 7) is 6.68. The van der Waals surface area contributed by atoms with Gasteiger partial charge in [-0.15, -0.1) is 10.2 Å². The SMILES string of the molecule is CCn1c(SCC(=O)Nc2cc(C)c(C)cc2Br)nnc1-c1ccc(Cl)cc1Cl. The lowest BCUT2D eigenvalue weighted by molar-refractivity contribution is -0.113. The summed E-state index contributed by atoms with van der Waals surface area (Å²) in [7, 11) is 0. The van der Waals surface area contributed by atoms with Gasteiger partial charge in [-0.3, -0.25) is 4.79 Å². The number of thioether (sulfide) groups is 1. The molecule has 29 heavy (non-hydrogen) atoms. The molecule has 1 amide bonds. The van der Waals surface area contributed by atoms with Crippen molar-refractivity contribution in [1.82, 2.24) is 14.8 Å². The monoisotopic (exact) mass is 512 g/mol. The van der Waals surface area contributed by atoms with Crippen LogP contribution in [0.2, 0.25) is 10.0 Å². The van der Waals surface area contributed by atoms with Crippen LogP contribution in [0.1, 0.15) is 18.1 Å². The van der Waals surface area contributed by atoms with Gasteiger partial charge >= 0.3 is 0 Å². The van der Waals surface area contributed by atoms with Crippen molar-refractivity contribution in [3.05, 3.63) is 56.0 Å². The van der Waals surface area contributed by atoms with Gasteiger partial charge < -0.3 is 9.88 Å². The van der Waals surface area contributed by atoms with E-state index in [9.17, 15) is 4.79 Å². The van der Waals surface area contributed by atoms with E-state index in [1.165, 1.54) is 11.8 Å². The molecule has 0 radical (unpaired) electrons. The molecule has 3 rings (SSSR count). The zero-order valence-electron chi connectivity index (χ0n) is 16.1. The number of hydrogen-bond acceptors (Lipinski definition) is 4. The normalized spacial score (nSPS) is 11.0. The van der Waals surface area contributed by atoms with Crippen molar-refractivity contribution in [2.75, 3.05) is 11.1 Å². The van der Waals surface area contributed by atoms with Crippen LogP contribution in [0.4, 0.5) is 5.69 Å². The highest BCUT2D eigenvalue weighted by molar-refractivity contribution is 9.10. The van der Waals surface area contributed by atoms with Crippen LogP contribution >= 0.6 is 50.9 Å². The molecule has 0 saturated heterocycles. The van der Waals surface area contributed by atoms with Crippen molar-refractivity contribution >= 4 is 62.5 Å². The minimum Gasteiger partial charge on any atom is -0.324 e. The quantitative estimate of drug-likeness (QED) is 0.388. The Morgan fingerprint density at radius 1 is 1.17 bits per heavy atom. The summed E-state index contributed by atoms with van der Waals surface area (Å²) >= 11 is 17.1. The molecule has 1 N–H and O–H groups in total. The van der Waals surface area contributed by atoms with Gasteiger partial charge in [0.05, 0.1) is 16.5 Å². The molecule has 0 bridgehead atoms. The first-order valence-electron chi connectivity index (χ1n) is 8.88. The number of rotatable bonds is 6. The number of aryl methyl sites for hydroxylation is 2. The van der Waals surface area contributed by atoms with Crippen LogP contribution in [0.3, 0.4) is 0 Å². The Balaban J connectivity index is 1.73. The molecule has 2 aromatic carbocycles. The lowest BCUT2D eigenvalue weighted by Gasteiger charge is -2.11. The lowest BCUT2D eigenvalue weighted by atomic mass is 10.1. The van der Waals surface area contributed by atoms with Crippen molar-refractivity contribution in [2.24, 2.45) is 0 Å². The fraction of sp³-hybridized carbons (Fsp3) is 0.250. The molecule has 5 nitrogen and oxygen atoms in total. The number of amides is 1. The van der Waals surface area contributed by atoms with Gasteiger partial charge in [-0.1, -0.05) is 35.0 Å². The topological polar surface area (TPSA) is 59.8 Å². The number of benzene rings is 2. The van der Waals surface area contributed by atoms with Crippen LogP contribution < -0.4 is 5.32 Å². The summed E-state index contributed by atoms with van der Waals surface area (Å²) in [6, 6.07) is 9.21. The molecule has 0 aliphatic carbocycles. The van der Waals surface area contributed by atoms with Gasteiger partial charge in [0, 0.05) is 21.6 Å². The van der Waals surface area contributed by atoms with E-state index in [0.29, 0.717) is 27.6 Å². The molecule has 0 aliphatic rings. The Hall–Kier alpha value is -1.54. The van der Waals surface area contributed by atoms with Gasteiger partial charge in [-0.25, -0.2) is 0 Å². The number of anilines is 1. The van der Waals surface area contributed by atoms with Crippen LogP contribution in [0, 0.1) is 13.8 Å². The average molecular weight is 514 g/mol. The summed E-state index contributed by atoms with van der Waals surface area (Å²) in [4.78, 5) is 12.5. The predicted octanol–water partition coefficient (Wildman–Crippen LogP) is 6.38. The van der Waals surface area contributed by atoms with Gasteiger partial charge in [-0.05, 0) is 78.2 Å². The third-order valence-electron chi connectivity index (χ3n) is 4.39. The smallest absolute Gasteiger partial charge is 0.234 e. The van der Waals surface area contributed by atoms with E-state index in [-0.39, 0.29) is 11.7 Å². The standard InChI is InChI=1S/C20H19BrCl2N4OS/c1-4-27-19(14-6-5-13(22)9-16(14)23)25-26-20(27)29-10-18(28)24-17-8-12(3)11(2)7-15(17)21/h5-9H,4,10H2,1-3H3,(H,24,28). The number of carbonyl (C=O) groups is 1. The largest absolute Gasteiger partial charge is 0.324 e. The van der Waals surface area contributed by atoms with Gasteiger partial charge in [0.2, 0.25) is 5.91 Å². The van der Waals surface area contributed by atoms with E-state index in [2.05, 4.69) is 31.4 Å². The molecule has 0 unspecified atom stereocenters. The highest BCUT2D eigenvalue weighted by Gasteiger charge is 2.17. The zero-order valence-corrected chi connectivity index (χ0v) is 20.0. The minimum absolute atomic E-state index is 0.115. The number of halogens is 3. The van der Waals surface area contributed by atoms with Gasteiger partial charge in [0.15, 0.2) is 11.0 Å². The van der Waals surface area contributed by atoms with Gasteiger partial charge in [-0.2, -0.15) is 0 Å². The maximum absolute atomic E-state index is 12.5. The number of aromatic nitrogens is 3. The van der Waals surface area contributed by atoms with E-state index >= 15 is 0 Å². The highest BCUT2D eigenvalue weighted by Crippen LogP contribution is 2.31. The number of nitrogens with one attached hydrogen (secondary N) is 1. The fourth-order valence-electron chi connectivity index (χ4n) is 2.74. The first kappa shape index (κ1) is 22.2. The van der Waals surface area contributed by atoms with Crippen molar-refractivity contribution in [3.63, 3.8) is 0 Å². The fourth-order valence-corrected chi connectivity index (χ4v) is 4.60. The van der Waals surface area contributed by atoms with Crippen LogP contribution in [0.25, 0.3) is 11.4 Å². The van der Waals surface area contributed by atoms with Crippen LogP contribution in [-0.4, -0.2) is 26.4 Å². The Labute approximate surface area is 192 Å². The van der Waals surface area contributed by atoms with Crippen molar-refractivity contribution in [2.45, 2.75) is 32.5 Å². The second kappa shape index (κ2) is 9.51. The maximum atomic E-state index is 12.5. The number of nitrogens with zero attached hydrogens (tertiary/aromatic N) is 3. The molecule has 0 aliphatic heterocycles. The molecule has 9 heteroatoms. The van der Waals surface area contributed by atoms with E-state index in [1.54, 1.807) is 12.1 Å². The van der Waals surface area contributed by atoms with Crippen molar-refractivity contribution < 1.29 is 4.79 Å². The first-order valence-corrected chi connectivity index (χ1v) is 11.4. The van der Waals surface area contributed by atoms with E-state index in [4.69, 9.17) is 23.2 Å². The maximum Gasteiger partial charge on any atom is 0.234 e. The third-order valence-corrected chi connectivity index (χ3v) is 6.57. The Kier molecular flexibility index (Phi) is 7.27. The number of hydrogen-bond donors (Lipinski definition) is 1. The Bertz CT molecular complexity index is 1070. The van der Waals surface area contributed by atoms with Gasteiger partial charge in [0.25, 0.3) is 0 Å². The van der Waals surface area contributed by atoms with Crippen molar-refractivity contribution in [1.29, 1.82) is 0 Å². The lowest BCUT2D eigenvalue weighted by Crippen LogP contribution is -2.15. The third kappa shape index (κ3) is 5.15. The minimum atomic E-state index is -0.115. The Morgan fingerprint density at radius 2 is 1.90 bits per heavy atom. The van der Waals surface area contributed by atoms with E-state index < -0.39 is 0 Å². The average Bonchev–Trinajstić information content (AvgIpc) is 3.07. The Morgan fingerprint density at radius 3 is 2.59 bits per heavy atom. The molecule has 0 atom stereocenters. The molecule has 152 valence electrons. The number of carbonyl (C=O) groups excluding carboxylic acids is 1. The van der Waals surface area contributed by atoms with Gasteiger partial charge in [0.1, 0.15) is 0 Å². The molecular formula is C20H19BrCl2N4OS. The summed E-state index contributed by atoms with van der Waals surface area (Å²) < 4.78 is 2.79. The molecule has 0 saturated carbocycles. The molecule has 1 aromatic heterocycles. The van der Waals surface area contributed by atoms with Crippen LogP contribution in [0.15, 0.2) is 40.0 Å². The van der Waals surface area contributed by atoms with Crippen molar-refractivity contribution in [3.8, 4) is 11.4 Å². The molecule has 3 aromatic rings. The second-order valence-corrected chi connectivity index (χ2v) is 9.07. The summed E-state index contributed by atoms with van der Waals surface area (Å²) in [5.74, 6) is 0.746. The first-order chi connectivity index (χ1) is 13.8. The predicted molar refractivity (Wildman–Crippen MR) is 124 cm³/mol. The molecular weight excluding hydrogens is 495 g/mol. The van der Waals surface area contributed by atoms with E-state index in [0.717, 1.165) is 26.9 Å². The molecule has 0 spiro atoms. The zero-order chi connectivity index (χ0) is 21.1. The van der Waals surface area contributed by atoms with E-state index in [1.807, 2.05) is 43.5 Å². The summed E-state index contributed by atoms with van der Waals surface area (Å²) in [5.41, 5.74) is 3.78. The van der Waals surface area contributed by atoms with Crippen LogP contribution in [0.5, 0.6) is 0 Å². The van der Waals surface area contributed by atoms with Crippen LogP contribution in [-0.2, 0) is 11.3 Å². The molecule has 1 heterocycles. The summed E-state index contributed by atoms with van der Waals surface area (Å²) in [5, 5.41) is 13.2. The second-order valence-electron chi connectivity index (χ2n) is 6.43. The summed E-state index contributed by atoms with van der Waals surface area (Å²) in [6.07, 6.45) is 0. The molecule has 0 fully saturated rings. The highest BCUT2D eigenvalue weighted by atomic mass is 79.9.